The van der Waals surface area contributed by atoms with Gasteiger partial charge in [-0.3, -0.25) is 4.79 Å². The first-order chi connectivity index (χ1) is 9.70. The maximum atomic E-state index is 11.9. The number of hydrogen-bond acceptors (Lipinski definition) is 4. The molecule has 0 radical (unpaired) electrons. The van der Waals surface area contributed by atoms with Crippen LogP contribution in [0.2, 0.25) is 0 Å². The third-order valence-corrected chi connectivity index (χ3v) is 3.47. The number of imidazole rings is 1. The molecule has 0 saturated heterocycles. The van der Waals surface area contributed by atoms with Crippen LogP contribution in [0.1, 0.15) is 27.3 Å². The van der Waals surface area contributed by atoms with Crippen molar-refractivity contribution in [1.29, 1.82) is 0 Å². The van der Waals surface area contributed by atoms with Crippen molar-refractivity contribution in [2.45, 2.75) is 13.0 Å². The normalized spacial score (nSPS) is 9.90. The van der Waals surface area contributed by atoms with E-state index in [0.29, 0.717) is 18.7 Å². The molecule has 2 aromatic rings. The van der Waals surface area contributed by atoms with Crippen molar-refractivity contribution in [1.82, 2.24) is 14.9 Å². The number of aromatic nitrogens is 2. The van der Waals surface area contributed by atoms with E-state index in [1.165, 1.54) is 0 Å². The summed E-state index contributed by atoms with van der Waals surface area (Å²) < 4.78 is 1.73. The maximum absolute atomic E-state index is 11.9. The number of thiophene rings is 1. The summed E-state index contributed by atoms with van der Waals surface area (Å²) >= 11 is 1.54. The second-order valence-electron chi connectivity index (χ2n) is 4.14. The van der Waals surface area contributed by atoms with Crippen molar-refractivity contribution in [2.24, 2.45) is 7.05 Å². The van der Waals surface area contributed by atoms with Gasteiger partial charge >= 0.3 is 0 Å². The number of nitrogens with one attached hydrogen (secondary N) is 1. The summed E-state index contributed by atoms with van der Waals surface area (Å²) in [7, 11) is 1.82. The van der Waals surface area contributed by atoms with Gasteiger partial charge in [0.15, 0.2) is 0 Å². The SMILES string of the molecule is Cn1cnc(C(=O)NCc2sccc2C#CCCO)c1. The van der Waals surface area contributed by atoms with Crippen molar-refractivity contribution < 1.29 is 9.90 Å². The van der Waals surface area contributed by atoms with E-state index in [9.17, 15) is 4.79 Å². The van der Waals surface area contributed by atoms with E-state index in [1.54, 1.807) is 28.4 Å². The lowest BCUT2D eigenvalue weighted by atomic mass is 10.2. The van der Waals surface area contributed by atoms with E-state index < -0.39 is 0 Å². The summed E-state index contributed by atoms with van der Waals surface area (Å²) in [5.74, 6) is 5.67. The third-order valence-electron chi connectivity index (χ3n) is 2.55. The summed E-state index contributed by atoms with van der Waals surface area (Å²) in [6, 6.07) is 1.91. The Bertz CT molecular complexity index is 649. The molecule has 2 heterocycles. The van der Waals surface area contributed by atoms with E-state index in [2.05, 4.69) is 22.1 Å². The van der Waals surface area contributed by atoms with Gasteiger partial charge in [-0.15, -0.1) is 11.3 Å². The molecule has 6 heteroatoms. The smallest absolute Gasteiger partial charge is 0.271 e. The van der Waals surface area contributed by atoms with Crippen molar-refractivity contribution in [2.75, 3.05) is 6.61 Å². The average molecular weight is 289 g/mol. The highest BCUT2D eigenvalue weighted by Gasteiger charge is 2.09. The van der Waals surface area contributed by atoms with Crippen molar-refractivity contribution in [3.8, 4) is 11.8 Å². The number of aryl methyl sites for hydroxylation is 1. The van der Waals surface area contributed by atoms with Crippen LogP contribution in [0.5, 0.6) is 0 Å². The van der Waals surface area contributed by atoms with Gasteiger partial charge in [-0.05, 0) is 11.4 Å². The molecule has 0 aliphatic carbocycles. The van der Waals surface area contributed by atoms with Crippen LogP contribution in [0, 0.1) is 11.8 Å². The Balaban J connectivity index is 1.96. The molecule has 5 nitrogen and oxygen atoms in total. The van der Waals surface area contributed by atoms with Gasteiger partial charge in [-0.1, -0.05) is 11.8 Å². The van der Waals surface area contributed by atoms with Crippen molar-refractivity contribution in [3.63, 3.8) is 0 Å². The van der Waals surface area contributed by atoms with Gasteiger partial charge in [0.25, 0.3) is 5.91 Å². The molecule has 1 amide bonds. The first-order valence-electron chi connectivity index (χ1n) is 6.13. The van der Waals surface area contributed by atoms with Crippen molar-refractivity contribution >= 4 is 17.2 Å². The topological polar surface area (TPSA) is 67.2 Å². The molecule has 2 rings (SSSR count). The summed E-state index contributed by atoms with van der Waals surface area (Å²) in [4.78, 5) is 16.9. The van der Waals surface area contributed by atoms with Crippen LogP contribution in [-0.2, 0) is 13.6 Å². The van der Waals surface area contributed by atoms with Crippen LogP contribution in [0.15, 0.2) is 24.0 Å². The standard InChI is InChI=1S/C14H15N3O2S/c1-17-9-12(16-10-17)14(19)15-8-13-11(5-7-20-13)4-2-3-6-18/h5,7,9-10,18H,3,6,8H2,1H3,(H,15,19). The number of aliphatic hydroxyl groups excluding tert-OH is 1. The molecule has 0 bridgehead atoms. The first kappa shape index (κ1) is 14.3. The number of aliphatic hydroxyl groups is 1. The molecule has 2 N–H and O–H groups in total. The number of hydrogen-bond donors (Lipinski definition) is 2. The predicted molar refractivity (Wildman–Crippen MR) is 77.3 cm³/mol. The largest absolute Gasteiger partial charge is 0.395 e. The second-order valence-corrected chi connectivity index (χ2v) is 5.14. The fraction of sp³-hybridized carbons (Fsp3) is 0.286. The molecule has 0 atom stereocenters. The highest BCUT2D eigenvalue weighted by Crippen LogP contribution is 2.15. The Kier molecular flexibility index (Phi) is 4.93. The lowest BCUT2D eigenvalue weighted by Gasteiger charge is -2.01. The number of carbonyl (C=O) groups is 1. The van der Waals surface area contributed by atoms with Gasteiger partial charge in [-0.2, -0.15) is 0 Å². The van der Waals surface area contributed by atoms with Crippen LogP contribution in [0.3, 0.4) is 0 Å². The molecule has 0 aliphatic rings. The Morgan fingerprint density at radius 2 is 2.45 bits per heavy atom. The number of amides is 1. The zero-order valence-electron chi connectivity index (χ0n) is 11.1. The van der Waals surface area contributed by atoms with Crippen LogP contribution < -0.4 is 5.32 Å². The molecule has 20 heavy (non-hydrogen) atoms. The summed E-state index contributed by atoms with van der Waals surface area (Å²) in [5, 5.41) is 13.5. The molecular formula is C14H15N3O2S. The van der Waals surface area contributed by atoms with E-state index in [1.807, 2.05) is 18.5 Å². The molecule has 0 saturated carbocycles. The average Bonchev–Trinajstić information content (AvgIpc) is 3.05. The van der Waals surface area contributed by atoms with E-state index in [-0.39, 0.29) is 12.5 Å². The van der Waals surface area contributed by atoms with E-state index >= 15 is 0 Å². The number of rotatable bonds is 4. The zero-order valence-corrected chi connectivity index (χ0v) is 11.9. The quantitative estimate of drug-likeness (QED) is 0.830. The Morgan fingerprint density at radius 1 is 1.60 bits per heavy atom. The highest BCUT2D eigenvalue weighted by molar-refractivity contribution is 7.10. The van der Waals surface area contributed by atoms with Crippen molar-refractivity contribution in [3.05, 3.63) is 40.1 Å². The molecule has 0 fully saturated rings. The Morgan fingerprint density at radius 3 is 3.15 bits per heavy atom. The second kappa shape index (κ2) is 6.89. The molecule has 104 valence electrons. The Labute approximate surface area is 121 Å². The minimum atomic E-state index is -0.201. The molecule has 0 spiro atoms. The molecule has 0 aliphatic heterocycles. The number of carbonyl (C=O) groups excluding carboxylic acids is 1. The molecule has 0 aromatic carbocycles. The van der Waals surface area contributed by atoms with Crippen LogP contribution in [0.4, 0.5) is 0 Å². The highest BCUT2D eigenvalue weighted by atomic mass is 32.1. The number of nitrogens with zero attached hydrogens (tertiary/aromatic N) is 2. The summed E-state index contributed by atoms with van der Waals surface area (Å²) in [6.07, 6.45) is 3.72. The minimum Gasteiger partial charge on any atom is -0.395 e. The lowest BCUT2D eigenvalue weighted by molar-refractivity contribution is 0.0946. The Hall–Kier alpha value is -2.10. The summed E-state index contributed by atoms with van der Waals surface area (Å²) in [5.41, 5.74) is 1.29. The minimum absolute atomic E-state index is 0.0584. The summed E-state index contributed by atoms with van der Waals surface area (Å²) in [6.45, 7) is 0.485. The van der Waals surface area contributed by atoms with Crippen LogP contribution in [0.25, 0.3) is 0 Å². The monoisotopic (exact) mass is 289 g/mol. The van der Waals surface area contributed by atoms with Gasteiger partial charge in [0.2, 0.25) is 0 Å². The van der Waals surface area contributed by atoms with Gasteiger partial charge in [0.05, 0.1) is 19.5 Å². The van der Waals surface area contributed by atoms with Gasteiger partial charge in [0.1, 0.15) is 5.69 Å². The van der Waals surface area contributed by atoms with Crippen LogP contribution >= 0.6 is 11.3 Å². The fourth-order valence-corrected chi connectivity index (χ4v) is 2.35. The van der Waals surface area contributed by atoms with Gasteiger partial charge in [-0.25, -0.2) is 4.98 Å². The third kappa shape index (κ3) is 3.70. The van der Waals surface area contributed by atoms with Gasteiger partial charge in [0, 0.05) is 30.1 Å². The van der Waals surface area contributed by atoms with Crippen LogP contribution in [-0.4, -0.2) is 27.2 Å². The molecular weight excluding hydrogens is 274 g/mol. The maximum Gasteiger partial charge on any atom is 0.271 e. The zero-order chi connectivity index (χ0) is 14.4. The van der Waals surface area contributed by atoms with E-state index in [4.69, 9.17) is 5.11 Å². The first-order valence-corrected chi connectivity index (χ1v) is 7.01. The lowest BCUT2D eigenvalue weighted by Crippen LogP contribution is -2.23. The fourth-order valence-electron chi connectivity index (χ4n) is 1.58. The van der Waals surface area contributed by atoms with Gasteiger partial charge < -0.3 is 15.0 Å². The predicted octanol–water partition coefficient (Wildman–Crippen LogP) is 1.15. The molecule has 2 aromatic heterocycles. The van der Waals surface area contributed by atoms with E-state index in [0.717, 1.165) is 10.4 Å². The molecule has 0 unspecified atom stereocenters.